The molecule has 1 aliphatic rings. The molecule has 1 saturated heterocycles. The molecule has 3 aromatic rings. The smallest absolute Gasteiger partial charge is 0.408 e. The van der Waals surface area contributed by atoms with E-state index in [1.807, 2.05) is 42.5 Å². The molecule has 3 amide bonds. The van der Waals surface area contributed by atoms with Crippen molar-refractivity contribution in [2.75, 3.05) is 13.1 Å². The van der Waals surface area contributed by atoms with Crippen molar-refractivity contribution in [1.29, 1.82) is 0 Å². The molecule has 44 heavy (non-hydrogen) atoms. The summed E-state index contributed by atoms with van der Waals surface area (Å²) >= 11 is 0. The second-order valence-corrected chi connectivity index (χ2v) is 11.9. The first kappa shape index (κ1) is 32.2. The number of alkyl carbamates (subject to hydrolysis) is 1. The quantitative estimate of drug-likeness (QED) is 0.324. The van der Waals surface area contributed by atoms with Crippen LogP contribution in [-0.2, 0) is 32.0 Å². The van der Waals surface area contributed by atoms with Crippen molar-refractivity contribution in [3.8, 4) is 0 Å². The number of hydrogen-bond donors (Lipinski definition) is 2. The van der Waals surface area contributed by atoms with Gasteiger partial charge in [0.1, 0.15) is 29.5 Å². The van der Waals surface area contributed by atoms with Gasteiger partial charge in [-0.2, -0.15) is 0 Å². The number of nitrogens with zero attached hydrogens (tertiary/aromatic N) is 2. The van der Waals surface area contributed by atoms with Crippen LogP contribution in [0.25, 0.3) is 10.8 Å². The summed E-state index contributed by atoms with van der Waals surface area (Å²) in [6.07, 6.45) is 0.881. The molecule has 0 saturated carbocycles. The minimum Gasteiger partial charge on any atom is -0.480 e. The molecular formula is C34H38FN3O6. The molecule has 0 unspecified atom stereocenters. The Morgan fingerprint density at radius 2 is 1.68 bits per heavy atom. The summed E-state index contributed by atoms with van der Waals surface area (Å²) in [7, 11) is 0. The van der Waals surface area contributed by atoms with Crippen molar-refractivity contribution in [1.82, 2.24) is 15.1 Å². The van der Waals surface area contributed by atoms with Crippen LogP contribution in [0.3, 0.4) is 0 Å². The number of piperazine rings is 1. The molecular weight excluding hydrogens is 565 g/mol. The van der Waals surface area contributed by atoms with E-state index in [-0.39, 0.29) is 32.4 Å². The highest BCUT2D eigenvalue weighted by Crippen LogP contribution is 2.23. The maximum atomic E-state index is 14.0. The number of rotatable bonds is 10. The Labute approximate surface area is 256 Å². The van der Waals surface area contributed by atoms with E-state index in [0.29, 0.717) is 5.56 Å². The van der Waals surface area contributed by atoms with E-state index in [0.717, 1.165) is 16.3 Å². The molecule has 1 aliphatic heterocycles. The monoisotopic (exact) mass is 603 g/mol. The number of carboxylic acids is 1. The minimum absolute atomic E-state index is 0.0154. The fraction of sp³-hybridized carbons (Fsp3) is 0.353. The average molecular weight is 604 g/mol. The van der Waals surface area contributed by atoms with Crippen LogP contribution in [0, 0.1) is 5.82 Å². The number of carbonyl (C=O) groups excluding carboxylic acids is 3. The zero-order chi connectivity index (χ0) is 32.0. The number of carboxylic acid groups (broad SMARTS) is 1. The summed E-state index contributed by atoms with van der Waals surface area (Å²) < 4.78 is 18.9. The Hall–Kier alpha value is -4.73. The van der Waals surface area contributed by atoms with Crippen LogP contribution in [-0.4, -0.2) is 75.6 Å². The summed E-state index contributed by atoms with van der Waals surface area (Å²) in [5, 5.41) is 14.8. The Balaban J connectivity index is 1.58. The van der Waals surface area contributed by atoms with E-state index in [1.54, 1.807) is 20.8 Å². The SMILES string of the molecule is C=CC[C@H]1C(=O)N([C@@H](Cc2ccc3ccccc3c2)C(=O)O)CCN1C(=O)[C@@H](Cc1ccc(F)cc1)NC(=O)OC(C)(C)C. The van der Waals surface area contributed by atoms with Crippen LogP contribution >= 0.6 is 0 Å². The van der Waals surface area contributed by atoms with Gasteiger partial charge in [-0.15, -0.1) is 6.58 Å². The van der Waals surface area contributed by atoms with E-state index in [2.05, 4.69) is 11.9 Å². The number of carbonyl (C=O) groups is 4. The minimum atomic E-state index is -1.15. The highest BCUT2D eigenvalue weighted by atomic mass is 19.1. The zero-order valence-electron chi connectivity index (χ0n) is 25.2. The number of ether oxygens (including phenoxy) is 1. The molecule has 232 valence electrons. The molecule has 10 heteroatoms. The van der Waals surface area contributed by atoms with Gasteiger partial charge in [-0.3, -0.25) is 9.59 Å². The fourth-order valence-corrected chi connectivity index (χ4v) is 5.39. The van der Waals surface area contributed by atoms with Gasteiger partial charge in [0, 0.05) is 25.9 Å². The standard InChI is InChI=1S/C34H38FN3O6/c1-5-8-28-31(40)38(29(32(41)42)21-23-11-14-24-9-6-7-10-25(24)19-23)18-17-37(28)30(39)27(36-33(43)44-34(2,3)4)20-22-12-15-26(35)16-13-22/h5-7,9-16,19,27-29H,1,8,17-18,20-21H2,2-4H3,(H,36,43)(H,41,42)/t27-,28+,29+/m1/s1. The molecule has 9 nitrogen and oxygen atoms in total. The lowest BCUT2D eigenvalue weighted by molar-refractivity contribution is -0.160. The van der Waals surface area contributed by atoms with Gasteiger partial charge in [0.05, 0.1) is 0 Å². The number of aliphatic carboxylic acids is 1. The normalized spacial score (nSPS) is 16.7. The first-order valence-corrected chi connectivity index (χ1v) is 14.5. The highest BCUT2D eigenvalue weighted by Gasteiger charge is 2.43. The van der Waals surface area contributed by atoms with Crippen LogP contribution in [0.1, 0.15) is 38.3 Å². The maximum Gasteiger partial charge on any atom is 0.408 e. The first-order chi connectivity index (χ1) is 20.9. The van der Waals surface area contributed by atoms with Crippen LogP contribution < -0.4 is 5.32 Å². The summed E-state index contributed by atoms with van der Waals surface area (Å²) in [6.45, 7) is 8.85. The van der Waals surface area contributed by atoms with Crippen LogP contribution in [0.2, 0.25) is 0 Å². The van der Waals surface area contributed by atoms with Gasteiger partial charge < -0.3 is 25.0 Å². The van der Waals surface area contributed by atoms with Crippen LogP contribution in [0.4, 0.5) is 9.18 Å². The van der Waals surface area contributed by atoms with Crippen molar-refractivity contribution in [2.24, 2.45) is 0 Å². The number of fused-ring (bicyclic) bond motifs is 1. The molecule has 1 heterocycles. The Morgan fingerprint density at radius 3 is 2.32 bits per heavy atom. The summed E-state index contributed by atoms with van der Waals surface area (Å²) in [4.78, 5) is 55.7. The molecule has 0 aromatic heterocycles. The lowest BCUT2D eigenvalue weighted by atomic mass is 9.97. The van der Waals surface area contributed by atoms with E-state index in [1.165, 1.54) is 40.1 Å². The molecule has 4 rings (SSSR count). The molecule has 0 aliphatic carbocycles. The van der Waals surface area contributed by atoms with Crippen molar-refractivity contribution in [2.45, 2.75) is 63.8 Å². The van der Waals surface area contributed by atoms with E-state index in [9.17, 15) is 28.7 Å². The topological polar surface area (TPSA) is 116 Å². The predicted octanol–water partition coefficient (Wildman–Crippen LogP) is 4.73. The second kappa shape index (κ2) is 13.7. The van der Waals surface area contributed by atoms with Crippen molar-refractivity contribution >= 4 is 34.6 Å². The Bertz CT molecular complexity index is 1530. The number of benzene rings is 3. The van der Waals surface area contributed by atoms with Crippen LogP contribution in [0.5, 0.6) is 0 Å². The number of hydrogen-bond acceptors (Lipinski definition) is 5. The van der Waals surface area contributed by atoms with E-state index < -0.39 is 53.4 Å². The van der Waals surface area contributed by atoms with Gasteiger partial charge in [-0.25, -0.2) is 14.0 Å². The average Bonchev–Trinajstić information content (AvgIpc) is 2.96. The van der Waals surface area contributed by atoms with E-state index in [4.69, 9.17) is 4.74 Å². The molecule has 3 aromatic carbocycles. The lowest BCUT2D eigenvalue weighted by Crippen LogP contribution is -2.65. The van der Waals surface area contributed by atoms with Crippen molar-refractivity contribution < 1.29 is 33.4 Å². The van der Waals surface area contributed by atoms with Crippen molar-refractivity contribution in [3.05, 3.63) is 96.3 Å². The first-order valence-electron chi connectivity index (χ1n) is 14.5. The van der Waals surface area contributed by atoms with Crippen molar-refractivity contribution in [3.63, 3.8) is 0 Å². The Morgan fingerprint density at radius 1 is 1.02 bits per heavy atom. The largest absolute Gasteiger partial charge is 0.480 e. The second-order valence-electron chi connectivity index (χ2n) is 11.9. The van der Waals surface area contributed by atoms with Gasteiger partial charge >= 0.3 is 12.1 Å². The Kier molecular flexibility index (Phi) is 10.0. The van der Waals surface area contributed by atoms with Gasteiger partial charge in [0.15, 0.2) is 0 Å². The molecule has 3 atom stereocenters. The molecule has 2 N–H and O–H groups in total. The van der Waals surface area contributed by atoms with E-state index >= 15 is 0 Å². The fourth-order valence-electron chi connectivity index (χ4n) is 5.39. The third-order valence-corrected chi connectivity index (χ3v) is 7.45. The molecule has 1 fully saturated rings. The predicted molar refractivity (Wildman–Crippen MR) is 164 cm³/mol. The number of amides is 3. The molecule has 0 bridgehead atoms. The molecule has 0 radical (unpaired) electrons. The highest BCUT2D eigenvalue weighted by molar-refractivity contribution is 5.94. The number of halogens is 1. The number of nitrogens with one attached hydrogen (secondary N) is 1. The lowest BCUT2D eigenvalue weighted by Gasteiger charge is -2.43. The van der Waals surface area contributed by atoms with Gasteiger partial charge in [-0.05, 0) is 61.2 Å². The maximum absolute atomic E-state index is 14.0. The van der Waals surface area contributed by atoms with Gasteiger partial charge in [0.2, 0.25) is 11.8 Å². The van der Waals surface area contributed by atoms with Gasteiger partial charge in [-0.1, -0.05) is 60.7 Å². The summed E-state index contributed by atoms with van der Waals surface area (Å²) in [6, 6.07) is 15.7. The summed E-state index contributed by atoms with van der Waals surface area (Å²) in [5.74, 6) is -2.65. The third kappa shape index (κ3) is 8.00. The third-order valence-electron chi connectivity index (χ3n) is 7.45. The van der Waals surface area contributed by atoms with Gasteiger partial charge in [0.25, 0.3) is 0 Å². The summed E-state index contributed by atoms with van der Waals surface area (Å²) in [5.41, 5.74) is 0.535. The molecule has 0 spiro atoms. The zero-order valence-corrected chi connectivity index (χ0v) is 25.2. The van der Waals surface area contributed by atoms with Crippen LogP contribution in [0.15, 0.2) is 79.4 Å².